The van der Waals surface area contributed by atoms with Gasteiger partial charge >= 0.3 is 6.03 Å². The van der Waals surface area contributed by atoms with Crippen LogP contribution in [-0.4, -0.2) is 159 Å². The number of nitrogens with zero attached hydrogens (tertiary/aromatic N) is 3. The molecule has 13 heteroatoms. The number of carbonyl (C=O) groups is 1. The molecule has 5 rings (SSSR count). The highest BCUT2D eigenvalue weighted by atomic mass is 16.7. The Kier molecular flexibility index (Phi) is 20.0. The van der Waals surface area contributed by atoms with Crippen molar-refractivity contribution >= 4 is 6.03 Å². The maximum Gasteiger partial charge on any atom is 0.320 e. The first kappa shape index (κ1) is 46.2. The third kappa shape index (κ3) is 14.1. The van der Waals surface area contributed by atoms with Gasteiger partial charge in [0.1, 0.15) is 12.4 Å². The average Bonchev–Trinajstić information content (AvgIpc) is 3.47. The van der Waals surface area contributed by atoms with Crippen molar-refractivity contribution in [2.24, 2.45) is 5.92 Å². The van der Waals surface area contributed by atoms with E-state index in [1.807, 2.05) is 19.1 Å². The molecule has 1 unspecified atom stereocenters. The van der Waals surface area contributed by atoms with Gasteiger partial charge in [-0.1, -0.05) is 48.9 Å². The first-order chi connectivity index (χ1) is 28.3. The smallest absolute Gasteiger partial charge is 0.320 e. The zero-order valence-corrected chi connectivity index (χ0v) is 35.7. The van der Waals surface area contributed by atoms with Crippen molar-refractivity contribution in [2.75, 3.05) is 127 Å². The van der Waals surface area contributed by atoms with Gasteiger partial charge < -0.3 is 52.4 Å². The topological polar surface area (TPSA) is 110 Å². The van der Waals surface area contributed by atoms with Crippen LogP contribution in [0.5, 0.6) is 5.75 Å². The molecule has 0 N–H and O–H groups in total. The predicted molar refractivity (Wildman–Crippen MR) is 222 cm³/mol. The van der Waals surface area contributed by atoms with E-state index in [0.717, 1.165) is 50.1 Å². The summed E-state index contributed by atoms with van der Waals surface area (Å²) in [5.41, 5.74) is 2.40. The van der Waals surface area contributed by atoms with Gasteiger partial charge in [-0.25, -0.2) is 4.79 Å². The summed E-state index contributed by atoms with van der Waals surface area (Å²) in [6.07, 6.45) is 7.67. The van der Waals surface area contributed by atoms with Gasteiger partial charge in [0.15, 0.2) is 6.29 Å². The summed E-state index contributed by atoms with van der Waals surface area (Å²) in [6.45, 7) is 11.1. The summed E-state index contributed by atoms with van der Waals surface area (Å²) >= 11 is 0. The van der Waals surface area contributed by atoms with Crippen LogP contribution in [0.25, 0.3) is 0 Å². The van der Waals surface area contributed by atoms with Gasteiger partial charge in [0.05, 0.1) is 91.4 Å². The van der Waals surface area contributed by atoms with Crippen LogP contribution in [0.3, 0.4) is 0 Å². The van der Waals surface area contributed by atoms with E-state index in [1.54, 1.807) is 7.11 Å². The molecule has 2 aromatic carbocycles. The van der Waals surface area contributed by atoms with Gasteiger partial charge in [0.2, 0.25) is 0 Å². The number of amides is 2. The summed E-state index contributed by atoms with van der Waals surface area (Å²) in [7, 11) is 6.03. The van der Waals surface area contributed by atoms with E-state index < -0.39 is 0 Å². The zero-order chi connectivity index (χ0) is 40.9. The highest BCUT2D eigenvalue weighted by Crippen LogP contribution is 2.49. The molecule has 1 heterocycles. The van der Waals surface area contributed by atoms with Crippen molar-refractivity contribution in [1.29, 1.82) is 0 Å². The number of ether oxygens (including phenoxy) is 9. The van der Waals surface area contributed by atoms with Crippen LogP contribution >= 0.6 is 0 Å². The first-order valence-electron chi connectivity index (χ1n) is 21.5. The second kappa shape index (κ2) is 25.0. The normalized spacial score (nSPS) is 21.6. The minimum absolute atomic E-state index is 0.00170. The molecule has 58 heavy (non-hydrogen) atoms. The quantitative estimate of drug-likeness (QED) is 0.0687. The minimum atomic E-state index is -0.222. The van der Waals surface area contributed by atoms with Crippen molar-refractivity contribution in [1.82, 2.24) is 14.7 Å². The fraction of sp³-hybridized carbons (Fsp3) is 0.711. The van der Waals surface area contributed by atoms with Crippen molar-refractivity contribution in [2.45, 2.75) is 75.8 Å². The largest absolute Gasteiger partial charge is 0.491 e. The van der Waals surface area contributed by atoms with Crippen molar-refractivity contribution in [3.63, 3.8) is 0 Å². The molecule has 3 fully saturated rings. The molecule has 3 aliphatic rings. The molecule has 2 amide bonds. The molecule has 1 saturated heterocycles. The standard InChI is InChI=1S/C45H71N3O10/c1-38(50-4)57-33-31-55-29-27-53-25-23-51-21-22-52-24-26-54-28-30-56-32-34-58-42-15-13-40(14-16-42)35-47-37-44(48(43(47)49)36-39-9-8-10-39)17-19-45(20-18-44,46(2)3)41-11-6-5-7-12-41/h5-7,11-16,38-39H,8-10,17-37H2,1-4H3. The van der Waals surface area contributed by atoms with Crippen molar-refractivity contribution in [3.8, 4) is 5.75 Å². The third-order valence-corrected chi connectivity index (χ3v) is 12.0. The Balaban J connectivity index is 0.889. The molecule has 2 aromatic rings. The Morgan fingerprint density at radius 1 is 0.690 bits per heavy atom. The summed E-state index contributed by atoms with van der Waals surface area (Å²) in [6, 6.07) is 19.3. The number of hydrogen-bond acceptors (Lipinski definition) is 11. The maximum atomic E-state index is 14.1. The van der Waals surface area contributed by atoms with Gasteiger partial charge in [0, 0.05) is 32.3 Å². The molecule has 13 nitrogen and oxygen atoms in total. The molecule has 1 aliphatic heterocycles. The van der Waals surface area contributed by atoms with Crippen LogP contribution in [0.2, 0.25) is 0 Å². The lowest BCUT2D eigenvalue weighted by molar-refractivity contribution is -0.123. The van der Waals surface area contributed by atoms with Crippen LogP contribution in [0.15, 0.2) is 54.6 Å². The molecule has 2 aliphatic carbocycles. The Morgan fingerprint density at radius 2 is 1.21 bits per heavy atom. The van der Waals surface area contributed by atoms with Gasteiger partial charge in [-0.3, -0.25) is 4.90 Å². The maximum absolute atomic E-state index is 14.1. The summed E-state index contributed by atoms with van der Waals surface area (Å²) < 4.78 is 49.5. The van der Waals surface area contributed by atoms with Crippen LogP contribution in [0, 0.1) is 5.92 Å². The average molecular weight is 814 g/mol. The number of hydrogen-bond donors (Lipinski definition) is 0. The molecule has 0 aromatic heterocycles. The van der Waals surface area contributed by atoms with E-state index in [9.17, 15) is 4.79 Å². The lowest BCUT2D eigenvalue weighted by Gasteiger charge is -2.51. The molecular formula is C45H71N3O10. The molecule has 2 saturated carbocycles. The van der Waals surface area contributed by atoms with Gasteiger partial charge in [-0.2, -0.15) is 0 Å². The van der Waals surface area contributed by atoms with E-state index in [2.05, 4.69) is 71.3 Å². The van der Waals surface area contributed by atoms with E-state index >= 15 is 0 Å². The monoisotopic (exact) mass is 814 g/mol. The van der Waals surface area contributed by atoms with Crippen LogP contribution in [0.1, 0.15) is 63.0 Å². The predicted octanol–water partition coefficient (Wildman–Crippen LogP) is 5.98. The lowest BCUT2D eigenvalue weighted by atomic mass is 9.68. The van der Waals surface area contributed by atoms with Gasteiger partial charge in [-0.05, 0) is 88.7 Å². The number of rotatable bonds is 30. The van der Waals surface area contributed by atoms with E-state index in [4.69, 9.17) is 42.6 Å². The van der Waals surface area contributed by atoms with Crippen LogP contribution < -0.4 is 4.74 Å². The van der Waals surface area contributed by atoms with Gasteiger partial charge in [0.25, 0.3) is 0 Å². The highest BCUT2D eigenvalue weighted by molar-refractivity contribution is 5.78. The van der Waals surface area contributed by atoms with Crippen molar-refractivity contribution in [3.05, 3.63) is 65.7 Å². The molecule has 1 atom stereocenters. The molecular weight excluding hydrogens is 743 g/mol. The third-order valence-electron chi connectivity index (χ3n) is 12.0. The fourth-order valence-corrected chi connectivity index (χ4v) is 8.18. The Hall–Kier alpha value is -2.85. The SMILES string of the molecule is COC(C)OCCOCCOCCOCCOCCOCCOCCOc1ccc(CN2CC3(CCC(c4ccccc4)(N(C)C)CC3)N(CC3CCC3)C2=O)cc1. The van der Waals surface area contributed by atoms with E-state index in [1.165, 1.54) is 24.8 Å². The van der Waals surface area contributed by atoms with E-state index in [0.29, 0.717) is 105 Å². The van der Waals surface area contributed by atoms with Crippen molar-refractivity contribution < 1.29 is 47.4 Å². The number of urea groups is 1. The molecule has 1 spiro atoms. The summed E-state index contributed by atoms with van der Waals surface area (Å²) in [5.74, 6) is 1.43. The Morgan fingerprint density at radius 3 is 1.69 bits per heavy atom. The Labute approximate surface area is 347 Å². The first-order valence-corrected chi connectivity index (χ1v) is 21.5. The van der Waals surface area contributed by atoms with Crippen LogP contribution in [0.4, 0.5) is 4.79 Å². The molecule has 0 bridgehead atoms. The second-order valence-corrected chi connectivity index (χ2v) is 15.9. The van der Waals surface area contributed by atoms with Gasteiger partial charge in [-0.15, -0.1) is 0 Å². The lowest BCUT2D eigenvalue weighted by Crippen LogP contribution is -2.56. The number of benzene rings is 2. The van der Waals surface area contributed by atoms with E-state index in [-0.39, 0.29) is 23.4 Å². The number of carbonyl (C=O) groups excluding carboxylic acids is 1. The second-order valence-electron chi connectivity index (χ2n) is 15.9. The molecule has 0 radical (unpaired) electrons. The molecule has 326 valence electrons. The highest BCUT2D eigenvalue weighted by Gasteiger charge is 2.54. The van der Waals surface area contributed by atoms with Crippen LogP contribution in [-0.2, 0) is 50.0 Å². The fourth-order valence-electron chi connectivity index (χ4n) is 8.18. The summed E-state index contributed by atoms with van der Waals surface area (Å²) in [4.78, 5) is 20.9. The zero-order valence-electron chi connectivity index (χ0n) is 35.7. The summed E-state index contributed by atoms with van der Waals surface area (Å²) in [5, 5.41) is 0. The minimum Gasteiger partial charge on any atom is -0.491 e. The number of methoxy groups -OCH3 is 1. The Bertz CT molecular complexity index is 1410.